The number of fused-ring (bicyclic) bond motifs is 2. The maximum Gasteiger partial charge on any atom is 0.292 e. The Balaban J connectivity index is 1.85. The van der Waals surface area contributed by atoms with E-state index < -0.39 is 5.91 Å². The van der Waals surface area contributed by atoms with Crippen LogP contribution in [0.1, 0.15) is 10.6 Å². The summed E-state index contributed by atoms with van der Waals surface area (Å²) in [5.41, 5.74) is 1.83. The number of pyridine rings is 1. The number of hydrogen-bond donors (Lipinski definition) is 1. The van der Waals surface area contributed by atoms with E-state index in [-0.39, 0.29) is 11.2 Å². The molecule has 0 aliphatic carbocycles. The van der Waals surface area contributed by atoms with E-state index in [4.69, 9.17) is 4.42 Å². The lowest BCUT2D eigenvalue weighted by Gasteiger charge is -2.18. The Hall–Kier alpha value is -4.12. The molecule has 2 heterocycles. The molecule has 0 fully saturated rings. The Morgan fingerprint density at radius 1 is 0.867 bits per heavy atom. The van der Waals surface area contributed by atoms with Gasteiger partial charge >= 0.3 is 0 Å². The minimum atomic E-state index is -0.410. The topological polar surface area (TPSA) is 64.2 Å². The van der Waals surface area contributed by atoms with Gasteiger partial charge in [-0.2, -0.15) is 0 Å². The minimum absolute atomic E-state index is 0.130. The summed E-state index contributed by atoms with van der Waals surface area (Å²) >= 11 is 0. The fraction of sp³-hybridized carbons (Fsp3) is 0.0400. The second kappa shape index (κ2) is 7.04. The van der Waals surface area contributed by atoms with Crippen LogP contribution in [0.5, 0.6) is 0 Å². The van der Waals surface area contributed by atoms with Gasteiger partial charge in [0.1, 0.15) is 5.82 Å². The van der Waals surface area contributed by atoms with Crippen LogP contribution in [0.3, 0.4) is 0 Å². The standard InChI is InChI=1S/C25H18N2O3/c1-27-20-13-5-4-11-19(20)23(28)22(24(27)26-25(29)21-14-7-15-30-21)18-12-6-9-16-8-2-3-10-17(16)18/h2-15H,1H3,(H,26,29). The van der Waals surface area contributed by atoms with Crippen molar-refractivity contribution in [3.63, 3.8) is 0 Å². The zero-order valence-electron chi connectivity index (χ0n) is 16.3. The molecule has 3 aromatic carbocycles. The summed E-state index contributed by atoms with van der Waals surface area (Å²) in [6, 6.07) is 24.4. The van der Waals surface area contributed by atoms with Gasteiger partial charge < -0.3 is 14.3 Å². The van der Waals surface area contributed by atoms with Crippen LogP contribution in [0, 0.1) is 0 Å². The van der Waals surface area contributed by atoms with Crippen LogP contribution in [0.25, 0.3) is 32.8 Å². The van der Waals surface area contributed by atoms with Crippen molar-refractivity contribution in [2.24, 2.45) is 7.05 Å². The number of benzene rings is 3. The van der Waals surface area contributed by atoms with Crippen molar-refractivity contribution in [2.45, 2.75) is 0 Å². The molecule has 0 aliphatic heterocycles. The van der Waals surface area contributed by atoms with E-state index >= 15 is 0 Å². The van der Waals surface area contributed by atoms with Crippen molar-refractivity contribution in [1.29, 1.82) is 0 Å². The molecule has 0 unspecified atom stereocenters. The molecular formula is C25H18N2O3. The van der Waals surface area contributed by atoms with Crippen LogP contribution in [0.2, 0.25) is 0 Å². The summed E-state index contributed by atoms with van der Waals surface area (Å²) in [7, 11) is 1.84. The average molecular weight is 394 g/mol. The number of carbonyl (C=O) groups is 1. The highest BCUT2D eigenvalue weighted by Crippen LogP contribution is 2.33. The molecule has 5 rings (SSSR count). The summed E-state index contributed by atoms with van der Waals surface area (Å²) in [5.74, 6) is 0.197. The van der Waals surface area contributed by atoms with Crippen LogP contribution in [0.4, 0.5) is 5.82 Å². The monoisotopic (exact) mass is 394 g/mol. The fourth-order valence-electron chi connectivity index (χ4n) is 3.91. The third kappa shape index (κ3) is 2.79. The summed E-state index contributed by atoms with van der Waals surface area (Å²) in [6.07, 6.45) is 1.44. The predicted octanol–water partition coefficient (Wildman–Crippen LogP) is 5.20. The predicted molar refractivity (Wildman–Crippen MR) is 119 cm³/mol. The van der Waals surface area contributed by atoms with Gasteiger partial charge in [-0.05, 0) is 40.6 Å². The molecule has 5 nitrogen and oxygen atoms in total. The number of aryl methyl sites for hydroxylation is 1. The summed E-state index contributed by atoms with van der Waals surface area (Å²) < 4.78 is 7.08. The first-order valence-corrected chi connectivity index (χ1v) is 9.60. The molecule has 5 aromatic rings. The molecule has 5 heteroatoms. The summed E-state index contributed by atoms with van der Waals surface area (Å²) in [6.45, 7) is 0. The molecule has 0 atom stereocenters. The maximum atomic E-state index is 13.6. The number of anilines is 1. The van der Waals surface area contributed by atoms with E-state index in [1.165, 1.54) is 6.26 Å². The Morgan fingerprint density at radius 3 is 2.40 bits per heavy atom. The van der Waals surface area contributed by atoms with E-state index in [2.05, 4.69) is 5.32 Å². The summed E-state index contributed by atoms with van der Waals surface area (Å²) in [5, 5.41) is 5.47. The van der Waals surface area contributed by atoms with Crippen LogP contribution >= 0.6 is 0 Å². The molecule has 2 aromatic heterocycles. The zero-order valence-corrected chi connectivity index (χ0v) is 16.3. The third-order valence-corrected chi connectivity index (χ3v) is 5.35. The average Bonchev–Trinajstić information content (AvgIpc) is 3.32. The van der Waals surface area contributed by atoms with Gasteiger partial charge in [0, 0.05) is 12.4 Å². The van der Waals surface area contributed by atoms with Crippen molar-refractivity contribution in [3.05, 3.63) is 101 Å². The molecule has 1 N–H and O–H groups in total. The van der Waals surface area contributed by atoms with Gasteiger partial charge in [-0.15, -0.1) is 0 Å². The molecular weight excluding hydrogens is 376 g/mol. The molecule has 146 valence electrons. The Morgan fingerprint density at radius 2 is 1.60 bits per heavy atom. The van der Waals surface area contributed by atoms with Gasteiger partial charge in [0.15, 0.2) is 11.2 Å². The quantitative estimate of drug-likeness (QED) is 0.457. The van der Waals surface area contributed by atoms with Crippen molar-refractivity contribution in [2.75, 3.05) is 5.32 Å². The normalized spacial score (nSPS) is 11.1. The molecule has 0 bridgehead atoms. The highest BCUT2D eigenvalue weighted by Gasteiger charge is 2.21. The van der Waals surface area contributed by atoms with Gasteiger partial charge in [0.2, 0.25) is 0 Å². The van der Waals surface area contributed by atoms with E-state index in [9.17, 15) is 9.59 Å². The number of carbonyl (C=O) groups excluding carboxylic acids is 1. The lowest BCUT2D eigenvalue weighted by molar-refractivity contribution is 0.0996. The number of nitrogens with one attached hydrogen (secondary N) is 1. The highest BCUT2D eigenvalue weighted by atomic mass is 16.3. The number of nitrogens with zero attached hydrogens (tertiary/aromatic N) is 1. The lowest BCUT2D eigenvalue weighted by Crippen LogP contribution is -2.21. The highest BCUT2D eigenvalue weighted by molar-refractivity contribution is 6.08. The van der Waals surface area contributed by atoms with Crippen molar-refractivity contribution >= 4 is 33.4 Å². The van der Waals surface area contributed by atoms with Gasteiger partial charge in [0.05, 0.1) is 17.3 Å². The maximum absolute atomic E-state index is 13.6. The zero-order chi connectivity index (χ0) is 20.7. The Labute approximate surface area is 172 Å². The van der Waals surface area contributed by atoms with E-state index in [1.54, 1.807) is 12.1 Å². The molecule has 0 saturated carbocycles. The van der Waals surface area contributed by atoms with Gasteiger partial charge in [-0.25, -0.2) is 0 Å². The van der Waals surface area contributed by atoms with Crippen LogP contribution in [-0.4, -0.2) is 10.5 Å². The van der Waals surface area contributed by atoms with Crippen LogP contribution in [0.15, 0.2) is 94.3 Å². The third-order valence-electron chi connectivity index (χ3n) is 5.35. The van der Waals surface area contributed by atoms with Crippen LogP contribution in [-0.2, 0) is 7.05 Å². The van der Waals surface area contributed by atoms with E-state index in [1.807, 2.05) is 78.3 Å². The second-order valence-electron chi connectivity index (χ2n) is 7.09. The first-order chi connectivity index (χ1) is 14.6. The number of amides is 1. The Kier molecular flexibility index (Phi) is 4.21. The SMILES string of the molecule is Cn1c(NC(=O)c2ccco2)c(-c2cccc3ccccc23)c(=O)c2ccccc21. The fourth-order valence-corrected chi connectivity index (χ4v) is 3.91. The number of hydrogen-bond acceptors (Lipinski definition) is 3. The summed E-state index contributed by atoms with van der Waals surface area (Å²) in [4.78, 5) is 26.4. The first-order valence-electron chi connectivity index (χ1n) is 9.60. The lowest BCUT2D eigenvalue weighted by atomic mass is 9.96. The number of aromatic nitrogens is 1. The van der Waals surface area contributed by atoms with Crippen molar-refractivity contribution in [1.82, 2.24) is 4.57 Å². The smallest absolute Gasteiger partial charge is 0.292 e. The van der Waals surface area contributed by atoms with E-state index in [0.717, 1.165) is 21.9 Å². The molecule has 0 aliphatic rings. The van der Waals surface area contributed by atoms with Crippen molar-refractivity contribution in [3.8, 4) is 11.1 Å². The molecule has 30 heavy (non-hydrogen) atoms. The molecule has 1 amide bonds. The molecule has 0 saturated heterocycles. The van der Waals surface area contributed by atoms with Crippen LogP contribution < -0.4 is 10.7 Å². The molecule has 0 spiro atoms. The van der Waals surface area contributed by atoms with Gasteiger partial charge in [-0.1, -0.05) is 54.6 Å². The largest absolute Gasteiger partial charge is 0.459 e. The number of furan rings is 1. The van der Waals surface area contributed by atoms with Gasteiger partial charge in [-0.3, -0.25) is 9.59 Å². The first kappa shape index (κ1) is 17.9. The second-order valence-corrected chi connectivity index (χ2v) is 7.09. The van der Waals surface area contributed by atoms with Gasteiger partial charge in [0.25, 0.3) is 5.91 Å². The number of para-hydroxylation sites is 1. The molecule has 0 radical (unpaired) electrons. The minimum Gasteiger partial charge on any atom is -0.459 e. The Bertz CT molecular complexity index is 1460. The van der Waals surface area contributed by atoms with E-state index in [0.29, 0.717) is 16.8 Å². The number of rotatable bonds is 3. The van der Waals surface area contributed by atoms with Crippen molar-refractivity contribution < 1.29 is 9.21 Å².